The Hall–Kier alpha value is -0.100. The lowest BCUT2D eigenvalue weighted by molar-refractivity contribution is 0.247. The van der Waals surface area contributed by atoms with Crippen LogP contribution in [0.5, 0.6) is 0 Å². The fourth-order valence-electron chi connectivity index (χ4n) is 0.582. The zero-order valence-electron chi connectivity index (χ0n) is 10.2. The van der Waals surface area contributed by atoms with Crippen LogP contribution in [0.2, 0.25) is 0 Å². The molecule has 0 fully saturated rings. The summed E-state index contributed by atoms with van der Waals surface area (Å²) in [5.41, 5.74) is 0. The lowest BCUT2D eigenvalue weighted by Gasteiger charge is -2.04. The molecule has 0 aliphatic carbocycles. The summed E-state index contributed by atoms with van der Waals surface area (Å²) in [5.74, 6) is 0.611. The Bertz CT molecular complexity index is 227. The Morgan fingerprint density at radius 2 is 1.81 bits per heavy atom. The highest BCUT2D eigenvalue weighted by molar-refractivity contribution is 8.08. The van der Waals surface area contributed by atoms with Gasteiger partial charge < -0.3 is 9.52 Å². The van der Waals surface area contributed by atoms with E-state index in [0.717, 1.165) is 0 Å². The van der Waals surface area contributed by atoms with Crippen molar-refractivity contribution in [3.8, 4) is 0 Å². The molecular weight excluding hydrogens is 244 g/mol. The lowest BCUT2D eigenvalue weighted by atomic mass is 10.5. The van der Waals surface area contributed by atoms with E-state index in [0.29, 0.717) is 16.3 Å². The van der Waals surface area contributed by atoms with Crippen LogP contribution in [0.25, 0.3) is 0 Å². The van der Waals surface area contributed by atoms with Gasteiger partial charge in [-0.25, -0.2) is 3.63 Å². The molecule has 1 heterocycles. The topological polar surface area (TPSA) is 42.6 Å². The summed E-state index contributed by atoms with van der Waals surface area (Å²) >= 11 is 3.05. The van der Waals surface area contributed by atoms with E-state index in [1.807, 2.05) is 0 Å². The molecule has 0 amide bonds. The van der Waals surface area contributed by atoms with Crippen LogP contribution in [0.1, 0.15) is 33.5 Å². The monoisotopic (exact) mass is 264 g/mol. The molecule has 0 aliphatic heterocycles. The molecular formula is C11H20O3S2. The number of hydrogen-bond acceptors (Lipinski definition) is 5. The highest BCUT2D eigenvalue weighted by Gasteiger charge is 1.97. The van der Waals surface area contributed by atoms with Crippen LogP contribution in [-0.2, 0) is 10.2 Å². The number of rotatable bonds is 5. The summed E-state index contributed by atoms with van der Waals surface area (Å²) in [6.07, 6.45) is 1.53. The van der Waals surface area contributed by atoms with Crippen LogP contribution in [0.4, 0.5) is 0 Å². The highest BCUT2D eigenvalue weighted by Crippen LogP contribution is 2.22. The summed E-state index contributed by atoms with van der Waals surface area (Å²) in [5, 5.41) is 9.46. The molecule has 0 aromatic carbocycles. The molecule has 0 atom stereocenters. The van der Waals surface area contributed by atoms with E-state index < -0.39 is 0 Å². The molecule has 0 aliphatic rings. The first-order valence-corrected chi connectivity index (χ1v) is 6.79. The van der Waals surface area contributed by atoms with Crippen molar-refractivity contribution in [1.82, 2.24) is 0 Å². The molecule has 3 nitrogen and oxygen atoms in total. The standard InChI is InChI=1S/C6H14OS2.C5H6O2/c1-5(2)8-7-9-6(3)4;6-4-5-2-1-3-7-5/h5-6H,1-4H3;1-3,6H,4H2. The Balaban J connectivity index is 0.000000288. The van der Waals surface area contributed by atoms with E-state index in [1.54, 1.807) is 12.1 Å². The predicted molar refractivity (Wildman–Crippen MR) is 71.2 cm³/mol. The van der Waals surface area contributed by atoms with Gasteiger partial charge in [-0.1, -0.05) is 27.7 Å². The van der Waals surface area contributed by atoms with E-state index in [2.05, 4.69) is 27.7 Å². The van der Waals surface area contributed by atoms with Gasteiger partial charge in [0, 0.05) is 34.6 Å². The minimum atomic E-state index is -0.00694. The maximum Gasteiger partial charge on any atom is 0.129 e. The summed E-state index contributed by atoms with van der Waals surface area (Å²) in [6, 6.07) is 3.46. The Kier molecular flexibility index (Phi) is 10.0. The van der Waals surface area contributed by atoms with Gasteiger partial charge in [0.2, 0.25) is 0 Å². The van der Waals surface area contributed by atoms with Crippen molar-refractivity contribution in [2.75, 3.05) is 0 Å². The van der Waals surface area contributed by atoms with E-state index in [4.69, 9.17) is 13.2 Å². The zero-order chi connectivity index (χ0) is 12.4. The maximum atomic E-state index is 8.33. The Labute approximate surface area is 106 Å². The van der Waals surface area contributed by atoms with Gasteiger partial charge in [-0.05, 0) is 12.1 Å². The average molecular weight is 264 g/mol. The fourth-order valence-corrected chi connectivity index (χ4v) is 2.02. The van der Waals surface area contributed by atoms with Gasteiger partial charge in [0.15, 0.2) is 0 Å². The first-order valence-electron chi connectivity index (χ1n) is 5.18. The molecule has 0 spiro atoms. The molecule has 0 saturated carbocycles. The third-order valence-electron chi connectivity index (χ3n) is 1.20. The number of aliphatic hydroxyl groups is 1. The van der Waals surface area contributed by atoms with Crippen molar-refractivity contribution in [3.05, 3.63) is 24.2 Å². The van der Waals surface area contributed by atoms with Crippen molar-refractivity contribution in [3.63, 3.8) is 0 Å². The van der Waals surface area contributed by atoms with Crippen molar-refractivity contribution in [2.24, 2.45) is 0 Å². The van der Waals surface area contributed by atoms with Crippen LogP contribution in [0.15, 0.2) is 22.8 Å². The van der Waals surface area contributed by atoms with E-state index in [1.165, 1.54) is 30.3 Å². The molecule has 1 N–H and O–H groups in total. The number of aliphatic hydroxyl groups excluding tert-OH is 1. The number of furan rings is 1. The molecule has 0 unspecified atom stereocenters. The lowest BCUT2D eigenvalue weighted by Crippen LogP contribution is -1.89. The predicted octanol–water partition coefficient (Wildman–Crippen LogP) is 3.89. The van der Waals surface area contributed by atoms with Crippen molar-refractivity contribution >= 4 is 24.1 Å². The zero-order valence-corrected chi connectivity index (χ0v) is 11.8. The van der Waals surface area contributed by atoms with E-state index in [9.17, 15) is 0 Å². The first kappa shape index (κ1) is 15.9. The second-order valence-electron chi connectivity index (χ2n) is 3.60. The quantitative estimate of drug-likeness (QED) is 0.817. The third-order valence-corrected chi connectivity index (χ3v) is 2.60. The van der Waals surface area contributed by atoms with Crippen LogP contribution in [-0.4, -0.2) is 15.6 Å². The summed E-state index contributed by atoms with van der Waals surface area (Å²) in [4.78, 5) is 0. The largest absolute Gasteiger partial charge is 0.467 e. The summed E-state index contributed by atoms with van der Waals surface area (Å²) in [6.45, 7) is 8.46. The Morgan fingerprint density at radius 1 is 1.25 bits per heavy atom. The minimum Gasteiger partial charge on any atom is -0.467 e. The SMILES string of the molecule is CC(C)SOSC(C)C.OCc1ccco1. The highest BCUT2D eigenvalue weighted by atomic mass is 32.2. The average Bonchev–Trinajstić information content (AvgIpc) is 2.69. The molecule has 0 radical (unpaired) electrons. The van der Waals surface area contributed by atoms with Gasteiger partial charge in [0.1, 0.15) is 12.4 Å². The van der Waals surface area contributed by atoms with Crippen molar-refractivity contribution in [2.45, 2.75) is 44.8 Å². The second kappa shape index (κ2) is 10.1. The van der Waals surface area contributed by atoms with Crippen molar-refractivity contribution < 1.29 is 13.2 Å². The smallest absolute Gasteiger partial charge is 0.129 e. The summed E-state index contributed by atoms with van der Waals surface area (Å²) in [7, 11) is 0. The number of hydrogen-bond donors (Lipinski definition) is 1. The third kappa shape index (κ3) is 10.4. The molecule has 1 aromatic heterocycles. The van der Waals surface area contributed by atoms with Gasteiger partial charge in [-0.15, -0.1) is 0 Å². The van der Waals surface area contributed by atoms with Gasteiger partial charge in [0.05, 0.1) is 6.26 Å². The van der Waals surface area contributed by atoms with Crippen LogP contribution in [0, 0.1) is 0 Å². The van der Waals surface area contributed by atoms with Gasteiger partial charge in [0.25, 0.3) is 0 Å². The van der Waals surface area contributed by atoms with Crippen LogP contribution >= 0.6 is 24.1 Å². The molecule has 0 saturated heterocycles. The van der Waals surface area contributed by atoms with Gasteiger partial charge >= 0.3 is 0 Å². The maximum absolute atomic E-state index is 8.33. The van der Waals surface area contributed by atoms with Crippen LogP contribution in [0.3, 0.4) is 0 Å². The van der Waals surface area contributed by atoms with Crippen LogP contribution < -0.4 is 0 Å². The molecule has 1 rings (SSSR count). The molecule has 1 aromatic rings. The van der Waals surface area contributed by atoms with Gasteiger partial charge in [-0.2, -0.15) is 0 Å². The molecule has 94 valence electrons. The molecule has 16 heavy (non-hydrogen) atoms. The molecule has 0 bridgehead atoms. The van der Waals surface area contributed by atoms with E-state index in [-0.39, 0.29) is 6.61 Å². The normalized spacial score (nSPS) is 10.4. The van der Waals surface area contributed by atoms with E-state index >= 15 is 0 Å². The summed E-state index contributed by atoms with van der Waals surface area (Å²) < 4.78 is 9.92. The second-order valence-corrected chi connectivity index (χ2v) is 6.41. The molecule has 5 heteroatoms. The first-order chi connectivity index (χ1) is 7.56. The van der Waals surface area contributed by atoms with Gasteiger partial charge in [-0.3, -0.25) is 0 Å². The fraction of sp³-hybridized carbons (Fsp3) is 0.636. The minimum absolute atomic E-state index is 0.00694. The van der Waals surface area contributed by atoms with Crippen molar-refractivity contribution in [1.29, 1.82) is 0 Å². The Morgan fingerprint density at radius 3 is 2.06 bits per heavy atom.